The Morgan fingerprint density at radius 2 is 2.29 bits per heavy atom. The Kier molecular flexibility index (Phi) is 3.08. The fraction of sp³-hybridized carbons (Fsp3) is 0.0769. The molecule has 2 N–H and O–H groups in total. The third-order valence-electron chi connectivity index (χ3n) is 2.95. The average Bonchev–Trinajstić information content (AvgIpc) is 2.87. The lowest BCUT2D eigenvalue weighted by Crippen LogP contribution is -2.10. The average molecular weight is 284 g/mol. The molecule has 0 bridgehead atoms. The highest BCUT2D eigenvalue weighted by Crippen LogP contribution is 2.12. The highest BCUT2D eigenvalue weighted by molar-refractivity contribution is 5.48. The van der Waals surface area contributed by atoms with E-state index in [-0.39, 0.29) is 17.8 Å². The van der Waals surface area contributed by atoms with Crippen molar-refractivity contribution in [3.05, 3.63) is 58.0 Å². The molecule has 0 radical (unpaired) electrons. The van der Waals surface area contributed by atoms with Crippen LogP contribution < -0.4 is 11.0 Å². The van der Waals surface area contributed by atoms with Crippen molar-refractivity contribution in [1.82, 2.24) is 19.6 Å². The molecule has 0 saturated carbocycles. The van der Waals surface area contributed by atoms with E-state index in [9.17, 15) is 9.18 Å². The van der Waals surface area contributed by atoms with E-state index in [1.54, 1.807) is 18.2 Å². The van der Waals surface area contributed by atoms with E-state index in [0.717, 1.165) is 0 Å². The van der Waals surface area contributed by atoms with E-state index in [0.29, 0.717) is 17.0 Å². The molecule has 3 rings (SSSR count). The van der Waals surface area contributed by atoms with Gasteiger partial charge in [-0.1, -0.05) is 6.07 Å². The Morgan fingerprint density at radius 3 is 3.05 bits per heavy atom. The first-order valence-corrected chi connectivity index (χ1v) is 6.02. The molecule has 2 heterocycles. The minimum atomic E-state index is -0.460. The van der Waals surface area contributed by atoms with Gasteiger partial charge in [-0.2, -0.15) is 10.4 Å². The van der Waals surface area contributed by atoms with Crippen LogP contribution >= 0.6 is 0 Å². The molecule has 0 amide bonds. The quantitative estimate of drug-likeness (QED) is 0.748. The number of halogens is 1. The first-order valence-electron chi connectivity index (χ1n) is 6.02. The van der Waals surface area contributed by atoms with Gasteiger partial charge >= 0.3 is 5.69 Å². The smallest absolute Gasteiger partial charge is 0.348 e. The number of anilines is 1. The molecule has 0 fully saturated rings. The number of aromatic nitrogens is 4. The van der Waals surface area contributed by atoms with Crippen LogP contribution in [0.2, 0.25) is 0 Å². The summed E-state index contributed by atoms with van der Waals surface area (Å²) in [6.07, 6.45) is 1.33. The summed E-state index contributed by atoms with van der Waals surface area (Å²) in [4.78, 5) is 15.3. The molecule has 0 atom stereocenters. The number of nitriles is 1. The number of hydrogen-bond acceptors (Lipinski definition) is 5. The molecule has 0 saturated heterocycles. The first kappa shape index (κ1) is 12.8. The van der Waals surface area contributed by atoms with E-state index >= 15 is 0 Å². The van der Waals surface area contributed by atoms with Crippen molar-refractivity contribution in [2.75, 3.05) is 5.32 Å². The molecule has 2 aromatic heterocycles. The van der Waals surface area contributed by atoms with Crippen LogP contribution in [0.4, 0.5) is 10.2 Å². The standard InChI is InChI=1S/C13H9FN6O/c14-10-3-8(5-15)1-2-9(10)6-16-11-4-12-18-19-13(21)20(12)7-17-11/h1-4,7,16H,6H2,(H,19,21). The maximum Gasteiger partial charge on any atom is 0.348 e. The number of fused-ring (bicyclic) bond motifs is 1. The van der Waals surface area contributed by atoms with Crippen LogP contribution in [-0.2, 0) is 6.54 Å². The minimum Gasteiger partial charge on any atom is -0.366 e. The third-order valence-corrected chi connectivity index (χ3v) is 2.95. The van der Waals surface area contributed by atoms with Crippen LogP contribution in [0.25, 0.3) is 5.65 Å². The van der Waals surface area contributed by atoms with E-state index in [1.807, 2.05) is 6.07 Å². The number of benzene rings is 1. The van der Waals surface area contributed by atoms with Crippen molar-refractivity contribution in [1.29, 1.82) is 5.26 Å². The Balaban J connectivity index is 1.80. The van der Waals surface area contributed by atoms with Crippen LogP contribution in [0.5, 0.6) is 0 Å². The molecule has 0 unspecified atom stereocenters. The first-order chi connectivity index (χ1) is 10.2. The highest BCUT2D eigenvalue weighted by atomic mass is 19.1. The molecule has 0 aliphatic carbocycles. The minimum absolute atomic E-state index is 0.204. The van der Waals surface area contributed by atoms with Crippen molar-refractivity contribution in [2.24, 2.45) is 0 Å². The van der Waals surface area contributed by atoms with E-state index in [4.69, 9.17) is 5.26 Å². The van der Waals surface area contributed by atoms with E-state index in [1.165, 1.54) is 16.8 Å². The Hall–Kier alpha value is -3.21. The lowest BCUT2D eigenvalue weighted by atomic mass is 10.1. The van der Waals surface area contributed by atoms with Gasteiger partial charge in [-0.3, -0.25) is 0 Å². The lowest BCUT2D eigenvalue weighted by molar-refractivity contribution is 0.612. The second kappa shape index (κ2) is 5.05. The predicted octanol–water partition coefficient (Wildman–Crippen LogP) is 1.04. The number of nitrogens with zero attached hydrogens (tertiary/aromatic N) is 4. The molecule has 1 aromatic carbocycles. The largest absolute Gasteiger partial charge is 0.366 e. The maximum atomic E-state index is 13.7. The summed E-state index contributed by atoms with van der Waals surface area (Å²) >= 11 is 0. The van der Waals surface area contributed by atoms with Crippen LogP contribution in [0.3, 0.4) is 0 Å². The summed E-state index contributed by atoms with van der Waals surface area (Å²) in [6, 6.07) is 7.71. The van der Waals surface area contributed by atoms with Crippen molar-refractivity contribution in [3.63, 3.8) is 0 Å². The number of nitrogens with one attached hydrogen (secondary N) is 2. The molecule has 0 aliphatic heterocycles. The van der Waals surface area contributed by atoms with Crippen molar-refractivity contribution in [3.8, 4) is 6.07 Å². The van der Waals surface area contributed by atoms with E-state index < -0.39 is 5.82 Å². The molecular weight excluding hydrogens is 275 g/mol. The van der Waals surface area contributed by atoms with Crippen LogP contribution in [0.15, 0.2) is 35.4 Å². The second-order valence-corrected chi connectivity index (χ2v) is 4.30. The normalized spacial score (nSPS) is 10.5. The summed E-state index contributed by atoms with van der Waals surface area (Å²) in [6.45, 7) is 0.204. The summed E-state index contributed by atoms with van der Waals surface area (Å²) < 4.78 is 15.0. The van der Waals surface area contributed by atoms with Crippen molar-refractivity contribution >= 4 is 11.5 Å². The van der Waals surface area contributed by atoms with Crippen LogP contribution in [0, 0.1) is 17.1 Å². The van der Waals surface area contributed by atoms with Gasteiger partial charge in [0.1, 0.15) is 18.0 Å². The molecule has 3 aromatic rings. The fourth-order valence-electron chi connectivity index (χ4n) is 1.85. The van der Waals surface area contributed by atoms with Gasteiger partial charge in [-0.05, 0) is 12.1 Å². The number of aromatic amines is 1. The van der Waals surface area contributed by atoms with Gasteiger partial charge in [0.05, 0.1) is 11.6 Å². The van der Waals surface area contributed by atoms with Gasteiger partial charge in [-0.15, -0.1) is 0 Å². The molecule has 7 nitrogen and oxygen atoms in total. The van der Waals surface area contributed by atoms with Gasteiger partial charge in [0, 0.05) is 18.2 Å². The molecular formula is C13H9FN6O. The number of hydrogen-bond donors (Lipinski definition) is 2. The summed E-state index contributed by atoms with van der Waals surface area (Å²) in [7, 11) is 0. The SMILES string of the molecule is N#Cc1ccc(CNc2cc3n[nH]c(=O)n3cn2)c(F)c1. The Morgan fingerprint density at radius 1 is 1.43 bits per heavy atom. The Bertz CT molecular complexity index is 907. The third kappa shape index (κ3) is 2.44. The van der Waals surface area contributed by atoms with Crippen LogP contribution in [-0.4, -0.2) is 19.6 Å². The zero-order valence-electron chi connectivity index (χ0n) is 10.7. The molecule has 0 spiro atoms. The van der Waals surface area contributed by atoms with E-state index in [2.05, 4.69) is 20.5 Å². The highest BCUT2D eigenvalue weighted by Gasteiger charge is 2.05. The van der Waals surface area contributed by atoms with Gasteiger partial charge in [0.15, 0.2) is 5.65 Å². The monoisotopic (exact) mass is 284 g/mol. The summed E-state index contributed by atoms with van der Waals surface area (Å²) in [5, 5.41) is 17.7. The molecule has 8 heteroatoms. The lowest BCUT2D eigenvalue weighted by Gasteiger charge is -2.06. The zero-order chi connectivity index (χ0) is 14.8. The van der Waals surface area contributed by atoms with Gasteiger partial charge in [0.2, 0.25) is 0 Å². The molecule has 0 aliphatic rings. The summed E-state index contributed by atoms with van der Waals surface area (Å²) in [5.41, 5.74) is 0.724. The van der Waals surface area contributed by atoms with Gasteiger partial charge in [-0.25, -0.2) is 23.7 Å². The zero-order valence-corrected chi connectivity index (χ0v) is 10.7. The van der Waals surface area contributed by atoms with Crippen LogP contribution in [0.1, 0.15) is 11.1 Å². The predicted molar refractivity (Wildman–Crippen MR) is 72.0 cm³/mol. The second-order valence-electron chi connectivity index (χ2n) is 4.30. The topological polar surface area (TPSA) is 98.9 Å². The molecule has 104 valence electrons. The number of H-pyrrole nitrogens is 1. The Labute approximate surface area is 117 Å². The van der Waals surface area contributed by atoms with Gasteiger partial charge < -0.3 is 5.32 Å². The van der Waals surface area contributed by atoms with Crippen molar-refractivity contribution in [2.45, 2.75) is 6.54 Å². The number of rotatable bonds is 3. The van der Waals surface area contributed by atoms with Gasteiger partial charge in [0.25, 0.3) is 0 Å². The maximum absolute atomic E-state index is 13.7. The summed E-state index contributed by atoms with van der Waals surface area (Å²) in [5.74, 6) is 0.00359. The fourth-order valence-corrected chi connectivity index (χ4v) is 1.85. The van der Waals surface area contributed by atoms with Crippen molar-refractivity contribution < 1.29 is 4.39 Å². The molecule has 21 heavy (non-hydrogen) atoms.